The summed E-state index contributed by atoms with van der Waals surface area (Å²) >= 11 is 0. The van der Waals surface area contributed by atoms with Gasteiger partial charge in [-0.1, -0.05) is 60.7 Å². The zero-order valence-corrected chi connectivity index (χ0v) is 17.9. The van der Waals surface area contributed by atoms with Gasteiger partial charge in [-0.3, -0.25) is 9.00 Å². The molecule has 2 heterocycles. The van der Waals surface area contributed by atoms with E-state index in [2.05, 4.69) is 10.4 Å². The van der Waals surface area contributed by atoms with Crippen LogP contribution in [0.4, 0.5) is 5.82 Å². The molecule has 0 spiro atoms. The molecule has 31 heavy (non-hydrogen) atoms. The van der Waals surface area contributed by atoms with Crippen LogP contribution in [0.2, 0.25) is 0 Å². The average Bonchev–Trinajstić information content (AvgIpc) is 3.31. The molecule has 0 saturated carbocycles. The number of fused-ring (bicyclic) bond motifs is 1. The average molecular weight is 428 g/mol. The van der Waals surface area contributed by atoms with E-state index < -0.39 is 10.8 Å². The van der Waals surface area contributed by atoms with Gasteiger partial charge < -0.3 is 5.32 Å². The molecule has 5 rings (SSSR count). The normalized spacial score (nSPS) is 14.9. The number of benzene rings is 3. The first-order valence-corrected chi connectivity index (χ1v) is 11.6. The zero-order chi connectivity index (χ0) is 21.4. The van der Waals surface area contributed by atoms with Gasteiger partial charge in [-0.2, -0.15) is 5.10 Å². The Kier molecular flexibility index (Phi) is 5.00. The van der Waals surface area contributed by atoms with Crippen molar-refractivity contribution in [3.05, 3.63) is 101 Å². The Labute approximate surface area is 183 Å². The maximum atomic E-state index is 13.1. The van der Waals surface area contributed by atoms with Crippen molar-refractivity contribution >= 4 is 22.5 Å². The number of para-hydroxylation sites is 1. The lowest BCUT2D eigenvalue weighted by Gasteiger charge is -2.13. The van der Waals surface area contributed by atoms with Crippen LogP contribution in [0.1, 0.15) is 27.2 Å². The lowest BCUT2D eigenvalue weighted by molar-refractivity contribution is 0.102. The monoisotopic (exact) mass is 427 g/mol. The van der Waals surface area contributed by atoms with Crippen molar-refractivity contribution in [1.82, 2.24) is 9.78 Å². The number of anilines is 1. The Hall–Kier alpha value is -3.51. The van der Waals surface area contributed by atoms with Gasteiger partial charge in [0.2, 0.25) is 0 Å². The van der Waals surface area contributed by atoms with Gasteiger partial charge >= 0.3 is 0 Å². The van der Waals surface area contributed by atoms with Crippen LogP contribution in [0.3, 0.4) is 0 Å². The van der Waals surface area contributed by atoms with Crippen LogP contribution in [0, 0.1) is 6.92 Å². The van der Waals surface area contributed by atoms with Crippen molar-refractivity contribution < 1.29 is 9.00 Å². The molecule has 0 aliphatic carbocycles. The molecule has 1 aromatic heterocycles. The van der Waals surface area contributed by atoms with Crippen LogP contribution in [0.15, 0.2) is 78.9 Å². The molecular weight excluding hydrogens is 406 g/mol. The van der Waals surface area contributed by atoms with Crippen LogP contribution in [-0.4, -0.2) is 19.9 Å². The Bertz CT molecular complexity index is 1290. The summed E-state index contributed by atoms with van der Waals surface area (Å²) in [6, 6.07) is 25.5. The van der Waals surface area contributed by atoms with Crippen LogP contribution in [-0.2, 0) is 22.3 Å². The molecule has 3 aromatic carbocycles. The lowest BCUT2D eigenvalue weighted by atomic mass is 10.0. The van der Waals surface area contributed by atoms with E-state index in [-0.39, 0.29) is 5.91 Å². The Balaban J connectivity index is 1.48. The molecule has 1 amide bonds. The fourth-order valence-corrected chi connectivity index (χ4v) is 5.12. The first-order chi connectivity index (χ1) is 15.1. The maximum Gasteiger partial charge on any atom is 0.256 e. The van der Waals surface area contributed by atoms with Gasteiger partial charge in [-0.05, 0) is 41.8 Å². The number of amides is 1. The number of hydrogen-bond acceptors (Lipinski definition) is 3. The van der Waals surface area contributed by atoms with Crippen molar-refractivity contribution in [3.8, 4) is 16.8 Å². The molecule has 4 aromatic rings. The Morgan fingerprint density at radius 3 is 2.32 bits per heavy atom. The highest BCUT2D eigenvalue weighted by atomic mass is 32.2. The molecule has 154 valence electrons. The maximum absolute atomic E-state index is 13.1. The summed E-state index contributed by atoms with van der Waals surface area (Å²) in [5.74, 6) is 1.22. The molecule has 1 aliphatic heterocycles. The van der Waals surface area contributed by atoms with E-state index in [0.29, 0.717) is 22.9 Å². The van der Waals surface area contributed by atoms with Gasteiger partial charge in [0.25, 0.3) is 5.91 Å². The van der Waals surface area contributed by atoms with E-state index in [1.807, 2.05) is 85.8 Å². The SMILES string of the molecule is Cc1ccccc1-n1nc2c(c1NC(=O)c1ccc(-c3ccccc3)cc1)CS(=O)C2. The third-order valence-corrected chi connectivity index (χ3v) is 6.71. The van der Waals surface area contributed by atoms with E-state index in [9.17, 15) is 9.00 Å². The molecule has 0 radical (unpaired) electrons. The number of aromatic nitrogens is 2. The van der Waals surface area contributed by atoms with E-state index in [0.717, 1.165) is 33.6 Å². The van der Waals surface area contributed by atoms with Gasteiger partial charge in [-0.15, -0.1) is 0 Å². The molecule has 1 N–H and O–H groups in total. The third-order valence-electron chi connectivity index (χ3n) is 5.50. The number of nitrogens with zero attached hydrogens (tertiary/aromatic N) is 2. The molecule has 1 unspecified atom stereocenters. The van der Waals surface area contributed by atoms with Gasteiger partial charge in [0.1, 0.15) is 5.82 Å². The number of nitrogens with one attached hydrogen (secondary N) is 1. The standard InChI is InChI=1S/C25H21N3O2S/c1-17-7-5-6-10-23(17)28-24(21-15-31(30)16-22(21)27-28)26-25(29)20-13-11-19(12-14-20)18-8-3-2-4-9-18/h2-14H,15-16H2,1H3,(H,26,29). The second-order valence-electron chi connectivity index (χ2n) is 7.60. The number of aryl methyl sites for hydroxylation is 1. The summed E-state index contributed by atoms with van der Waals surface area (Å²) in [5, 5.41) is 7.72. The number of carbonyl (C=O) groups excluding carboxylic acids is 1. The summed E-state index contributed by atoms with van der Waals surface area (Å²) in [4.78, 5) is 13.1. The van der Waals surface area contributed by atoms with Crippen molar-refractivity contribution in [2.45, 2.75) is 18.4 Å². The first kappa shape index (κ1) is 19.5. The lowest BCUT2D eigenvalue weighted by Crippen LogP contribution is -2.17. The predicted octanol–water partition coefficient (Wildman–Crippen LogP) is 4.86. The largest absolute Gasteiger partial charge is 0.306 e. The van der Waals surface area contributed by atoms with E-state index in [1.165, 1.54) is 0 Å². The van der Waals surface area contributed by atoms with E-state index in [1.54, 1.807) is 4.68 Å². The Morgan fingerprint density at radius 2 is 1.58 bits per heavy atom. The highest BCUT2D eigenvalue weighted by molar-refractivity contribution is 7.83. The molecule has 6 heteroatoms. The van der Waals surface area contributed by atoms with E-state index in [4.69, 9.17) is 0 Å². The quantitative estimate of drug-likeness (QED) is 0.506. The summed E-state index contributed by atoms with van der Waals surface area (Å²) in [6.07, 6.45) is 0. The highest BCUT2D eigenvalue weighted by Crippen LogP contribution is 2.32. The fourth-order valence-electron chi connectivity index (χ4n) is 3.86. The smallest absolute Gasteiger partial charge is 0.256 e. The van der Waals surface area contributed by atoms with Crippen LogP contribution >= 0.6 is 0 Å². The second-order valence-corrected chi connectivity index (χ2v) is 9.06. The predicted molar refractivity (Wildman–Crippen MR) is 124 cm³/mol. The molecule has 1 aliphatic rings. The van der Waals surface area contributed by atoms with Crippen molar-refractivity contribution in [2.75, 3.05) is 5.32 Å². The highest BCUT2D eigenvalue weighted by Gasteiger charge is 2.28. The number of hydrogen-bond donors (Lipinski definition) is 1. The molecule has 0 saturated heterocycles. The van der Waals surface area contributed by atoms with Gasteiger partial charge in [0.15, 0.2) is 0 Å². The molecule has 1 atom stereocenters. The van der Waals surface area contributed by atoms with Gasteiger partial charge in [0, 0.05) is 21.9 Å². The first-order valence-electron chi connectivity index (χ1n) is 10.1. The minimum Gasteiger partial charge on any atom is -0.306 e. The summed E-state index contributed by atoms with van der Waals surface area (Å²) < 4.78 is 13.9. The van der Waals surface area contributed by atoms with Crippen molar-refractivity contribution in [2.24, 2.45) is 0 Å². The number of rotatable bonds is 4. The fraction of sp³-hybridized carbons (Fsp3) is 0.120. The number of carbonyl (C=O) groups is 1. The topological polar surface area (TPSA) is 64.0 Å². The summed E-state index contributed by atoms with van der Waals surface area (Å²) in [6.45, 7) is 2.01. The second kappa shape index (κ2) is 7.96. The molecule has 0 bridgehead atoms. The minimum atomic E-state index is -0.979. The molecule has 5 nitrogen and oxygen atoms in total. The molecular formula is C25H21N3O2S. The zero-order valence-electron chi connectivity index (χ0n) is 17.0. The third kappa shape index (κ3) is 3.70. The van der Waals surface area contributed by atoms with Crippen LogP contribution in [0.25, 0.3) is 16.8 Å². The van der Waals surface area contributed by atoms with E-state index >= 15 is 0 Å². The van der Waals surface area contributed by atoms with Crippen molar-refractivity contribution in [1.29, 1.82) is 0 Å². The summed E-state index contributed by atoms with van der Waals surface area (Å²) in [5.41, 5.74) is 6.31. The molecule has 0 fully saturated rings. The van der Waals surface area contributed by atoms with Gasteiger partial charge in [-0.25, -0.2) is 4.68 Å². The van der Waals surface area contributed by atoms with Crippen LogP contribution in [0.5, 0.6) is 0 Å². The van der Waals surface area contributed by atoms with Gasteiger partial charge in [0.05, 0.1) is 22.9 Å². The Morgan fingerprint density at radius 1 is 0.903 bits per heavy atom. The summed E-state index contributed by atoms with van der Waals surface area (Å²) in [7, 11) is -0.979. The van der Waals surface area contributed by atoms with Crippen molar-refractivity contribution in [3.63, 3.8) is 0 Å². The van der Waals surface area contributed by atoms with Crippen LogP contribution < -0.4 is 5.32 Å². The minimum absolute atomic E-state index is 0.213.